The molecule has 0 spiro atoms. The molecule has 2 rings (SSSR count). The van der Waals surface area contributed by atoms with E-state index in [4.69, 9.17) is 20.9 Å². The van der Waals surface area contributed by atoms with Crippen LogP contribution in [-0.4, -0.2) is 18.2 Å². The number of nitrogens with two attached hydrogens (primary N) is 2. The number of para-hydroxylation sites is 1. The van der Waals surface area contributed by atoms with Crippen molar-refractivity contribution < 1.29 is 14.3 Å². The predicted molar refractivity (Wildman–Crippen MR) is 82.8 cm³/mol. The Morgan fingerprint density at radius 2 is 1.81 bits per heavy atom. The van der Waals surface area contributed by atoms with Gasteiger partial charge in [-0.3, -0.25) is 0 Å². The second-order valence-electron chi connectivity index (χ2n) is 5.46. The molecule has 4 N–H and O–H groups in total. The molecule has 0 heterocycles. The van der Waals surface area contributed by atoms with Crippen molar-refractivity contribution in [3.8, 4) is 5.75 Å². The van der Waals surface area contributed by atoms with Gasteiger partial charge in [-0.1, -0.05) is 12.6 Å². The van der Waals surface area contributed by atoms with Gasteiger partial charge in [-0.05, 0) is 44.7 Å². The van der Waals surface area contributed by atoms with E-state index in [9.17, 15) is 4.79 Å². The molecule has 1 aliphatic rings. The summed E-state index contributed by atoms with van der Waals surface area (Å²) in [5, 5.41) is 0. The maximum atomic E-state index is 11.5. The first-order valence-electron chi connectivity index (χ1n) is 7.14. The topological polar surface area (TPSA) is 87.6 Å². The predicted octanol–water partition coefficient (Wildman–Crippen LogP) is 2.66. The lowest BCUT2D eigenvalue weighted by molar-refractivity contribution is -0.146. The van der Waals surface area contributed by atoms with Gasteiger partial charge < -0.3 is 20.9 Å². The molecule has 0 atom stereocenters. The van der Waals surface area contributed by atoms with Gasteiger partial charge in [0, 0.05) is 5.57 Å². The van der Waals surface area contributed by atoms with Crippen LogP contribution in [0, 0.1) is 0 Å². The van der Waals surface area contributed by atoms with E-state index < -0.39 is 0 Å². The van der Waals surface area contributed by atoms with Gasteiger partial charge in [0.05, 0.1) is 17.5 Å². The van der Waals surface area contributed by atoms with Crippen LogP contribution in [0.5, 0.6) is 5.75 Å². The molecular weight excluding hydrogens is 268 g/mol. The van der Waals surface area contributed by atoms with Crippen LogP contribution < -0.4 is 16.2 Å². The molecule has 0 aromatic heterocycles. The van der Waals surface area contributed by atoms with E-state index >= 15 is 0 Å². The Bertz CT molecular complexity index is 534. The summed E-state index contributed by atoms with van der Waals surface area (Å²) >= 11 is 0. The molecule has 1 aromatic carbocycles. The molecule has 0 saturated heterocycles. The lowest BCUT2D eigenvalue weighted by Gasteiger charge is -2.29. The molecule has 0 radical (unpaired) electrons. The molecule has 1 saturated carbocycles. The Labute approximate surface area is 124 Å². The Morgan fingerprint density at radius 1 is 1.19 bits per heavy atom. The van der Waals surface area contributed by atoms with Gasteiger partial charge in [-0.25, -0.2) is 4.79 Å². The Morgan fingerprint density at radius 3 is 2.43 bits per heavy atom. The molecule has 5 nitrogen and oxygen atoms in total. The Hall–Kier alpha value is -2.17. The summed E-state index contributed by atoms with van der Waals surface area (Å²) in [6, 6.07) is 5.39. The molecular formula is C16H22N2O3. The molecule has 0 aliphatic heterocycles. The Kier molecular flexibility index (Phi) is 4.73. The number of hydrogen-bond acceptors (Lipinski definition) is 5. The van der Waals surface area contributed by atoms with Crippen molar-refractivity contribution in [2.24, 2.45) is 0 Å². The summed E-state index contributed by atoms with van der Waals surface area (Å²) in [6.07, 6.45) is 3.24. The van der Waals surface area contributed by atoms with E-state index in [0.717, 1.165) is 25.7 Å². The third kappa shape index (κ3) is 3.90. The fourth-order valence-corrected chi connectivity index (χ4v) is 2.36. The number of esters is 1. The second kappa shape index (κ2) is 6.52. The fraction of sp³-hybridized carbons (Fsp3) is 0.438. The first kappa shape index (κ1) is 15.2. The minimum Gasteiger partial charge on any atom is -0.488 e. The highest BCUT2D eigenvalue weighted by Gasteiger charge is 2.25. The van der Waals surface area contributed by atoms with Gasteiger partial charge in [-0.15, -0.1) is 0 Å². The minimum absolute atomic E-state index is 0.0489. The number of nitrogen functional groups attached to an aromatic ring is 2. The lowest BCUT2D eigenvalue weighted by Crippen LogP contribution is -2.30. The van der Waals surface area contributed by atoms with Gasteiger partial charge in [0.2, 0.25) is 0 Å². The number of carbonyl (C=O) groups is 1. The third-order valence-corrected chi connectivity index (χ3v) is 3.64. The molecule has 1 aromatic rings. The van der Waals surface area contributed by atoms with Gasteiger partial charge in [-0.2, -0.15) is 0 Å². The smallest absolute Gasteiger partial charge is 0.333 e. The van der Waals surface area contributed by atoms with Gasteiger partial charge in [0.25, 0.3) is 0 Å². The number of benzene rings is 1. The van der Waals surface area contributed by atoms with Gasteiger partial charge >= 0.3 is 5.97 Å². The van der Waals surface area contributed by atoms with E-state index in [0.29, 0.717) is 22.7 Å². The van der Waals surface area contributed by atoms with Crippen LogP contribution in [0.25, 0.3) is 0 Å². The van der Waals surface area contributed by atoms with Crippen molar-refractivity contribution in [1.82, 2.24) is 0 Å². The number of ether oxygens (including phenoxy) is 2. The zero-order valence-corrected chi connectivity index (χ0v) is 12.3. The molecule has 0 unspecified atom stereocenters. The van der Waals surface area contributed by atoms with Crippen molar-refractivity contribution in [3.05, 3.63) is 30.4 Å². The van der Waals surface area contributed by atoms with E-state index in [2.05, 4.69) is 6.58 Å². The SMILES string of the molecule is C=C(C)C(=O)OC1CCC(Oc2cccc(N)c2N)CC1. The quantitative estimate of drug-likeness (QED) is 0.505. The van der Waals surface area contributed by atoms with Crippen molar-refractivity contribution in [3.63, 3.8) is 0 Å². The molecule has 1 aliphatic carbocycles. The number of anilines is 2. The van der Waals surface area contributed by atoms with Crippen LogP contribution in [0.15, 0.2) is 30.4 Å². The summed E-state index contributed by atoms with van der Waals surface area (Å²) < 4.78 is 11.3. The normalized spacial score (nSPS) is 21.6. The summed E-state index contributed by atoms with van der Waals surface area (Å²) in [7, 11) is 0. The highest BCUT2D eigenvalue weighted by atomic mass is 16.5. The highest BCUT2D eigenvalue weighted by Crippen LogP contribution is 2.31. The minimum atomic E-state index is -0.320. The number of hydrogen-bond donors (Lipinski definition) is 2. The van der Waals surface area contributed by atoms with E-state index in [1.807, 2.05) is 12.1 Å². The van der Waals surface area contributed by atoms with Crippen LogP contribution in [0.1, 0.15) is 32.6 Å². The van der Waals surface area contributed by atoms with Crippen LogP contribution in [-0.2, 0) is 9.53 Å². The zero-order valence-electron chi connectivity index (χ0n) is 12.3. The summed E-state index contributed by atoms with van der Waals surface area (Å²) in [6.45, 7) is 5.24. The summed E-state index contributed by atoms with van der Waals surface area (Å²) in [5.41, 5.74) is 13.1. The van der Waals surface area contributed by atoms with Crippen LogP contribution in [0.4, 0.5) is 11.4 Å². The standard InChI is InChI=1S/C16H22N2O3/c1-10(2)16(19)21-12-8-6-11(7-9-12)20-14-5-3-4-13(17)15(14)18/h3-5,11-12H,1,6-9,17-18H2,2H3. The summed E-state index contributed by atoms with van der Waals surface area (Å²) in [4.78, 5) is 11.5. The molecule has 21 heavy (non-hydrogen) atoms. The maximum Gasteiger partial charge on any atom is 0.333 e. The van der Waals surface area contributed by atoms with Gasteiger partial charge in [0.1, 0.15) is 11.9 Å². The largest absolute Gasteiger partial charge is 0.488 e. The average molecular weight is 290 g/mol. The van der Waals surface area contributed by atoms with Crippen LogP contribution in [0.3, 0.4) is 0 Å². The molecule has 0 bridgehead atoms. The molecule has 5 heteroatoms. The van der Waals surface area contributed by atoms with E-state index in [-0.39, 0.29) is 18.2 Å². The van der Waals surface area contributed by atoms with E-state index in [1.165, 1.54) is 0 Å². The number of carbonyl (C=O) groups excluding carboxylic acids is 1. The fourth-order valence-electron chi connectivity index (χ4n) is 2.36. The monoisotopic (exact) mass is 290 g/mol. The average Bonchev–Trinajstić information content (AvgIpc) is 2.46. The van der Waals surface area contributed by atoms with Crippen molar-refractivity contribution in [1.29, 1.82) is 0 Å². The summed E-state index contributed by atoms with van der Waals surface area (Å²) in [5.74, 6) is 0.303. The second-order valence-corrected chi connectivity index (χ2v) is 5.46. The van der Waals surface area contributed by atoms with Gasteiger partial charge in [0.15, 0.2) is 0 Å². The third-order valence-electron chi connectivity index (χ3n) is 3.64. The van der Waals surface area contributed by atoms with Crippen molar-refractivity contribution in [2.45, 2.75) is 44.8 Å². The highest BCUT2D eigenvalue weighted by molar-refractivity contribution is 5.87. The molecule has 1 fully saturated rings. The first-order chi connectivity index (χ1) is 9.97. The van der Waals surface area contributed by atoms with Crippen molar-refractivity contribution in [2.75, 3.05) is 11.5 Å². The zero-order chi connectivity index (χ0) is 15.4. The van der Waals surface area contributed by atoms with Crippen LogP contribution >= 0.6 is 0 Å². The molecule has 114 valence electrons. The van der Waals surface area contributed by atoms with E-state index in [1.54, 1.807) is 13.0 Å². The lowest BCUT2D eigenvalue weighted by atomic mass is 9.95. The number of rotatable bonds is 4. The Balaban J connectivity index is 1.85. The first-order valence-corrected chi connectivity index (χ1v) is 7.14. The maximum absolute atomic E-state index is 11.5. The molecule has 0 amide bonds. The van der Waals surface area contributed by atoms with Crippen LogP contribution in [0.2, 0.25) is 0 Å². The van der Waals surface area contributed by atoms with Crippen molar-refractivity contribution >= 4 is 17.3 Å².